The van der Waals surface area contributed by atoms with Gasteiger partial charge in [-0.05, 0) is 41.1 Å². The minimum absolute atomic E-state index is 0.694. The predicted octanol–water partition coefficient (Wildman–Crippen LogP) is 3.75. The summed E-state index contributed by atoms with van der Waals surface area (Å²) in [6.07, 6.45) is 1.82. The summed E-state index contributed by atoms with van der Waals surface area (Å²) in [6, 6.07) is 5.65. The fourth-order valence-corrected chi connectivity index (χ4v) is 1.94. The van der Waals surface area contributed by atoms with E-state index in [4.69, 9.17) is 11.6 Å². The van der Waals surface area contributed by atoms with Crippen LogP contribution in [0.15, 0.2) is 28.9 Å². The number of imidazole rings is 1. The molecule has 0 bridgehead atoms. The third-order valence-corrected chi connectivity index (χ3v) is 3.08. The number of aromatic nitrogens is 2. The molecule has 0 aliphatic carbocycles. The van der Waals surface area contributed by atoms with Crippen LogP contribution in [-0.4, -0.2) is 9.97 Å². The molecule has 2 rings (SSSR count). The summed E-state index contributed by atoms with van der Waals surface area (Å²) in [5, 5.41) is 4.00. The van der Waals surface area contributed by atoms with Crippen molar-refractivity contribution in [2.45, 2.75) is 13.5 Å². The lowest BCUT2D eigenvalue weighted by Crippen LogP contribution is -2.00. The van der Waals surface area contributed by atoms with Crippen molar-refractivity contribution in [3.8, 4) is 0 Å². The number of aryl methyl sites for hydroxylation is 1. The number of hydrogen-bond acceptors (Lipinski definition) is 2. The third-order valence-electron chi connectivity index (χ3n) is 2.15. The lowest BCUT2D eigenvalue weighted by molar-refractivity contribution is 1.05. The molecule has 5 heteroatoms. The van der Waals surface area contributed by atoms with E-state index in [-0.39, 0.29) is 0 Å². The van der Waals surface area contributed by atoms with Gasteiger partial charge in [-0.1, -0.05) is 11.6 Å². The number of rotatable bonds is 3. The maximum Gasteiger partial charge on any atom is 0.103 e. The summed E-state index contributed by atoms with van der Waals surface area (Å²) >= 11 is 9.38. The first-order chi connectivity index (χ1) is 7.65. The Bertz CT molecular complexity index is 496. The Kier molecular flexibility index (Phi) is 3.51. The van der Waals surface area contributed by atoms with E-state index in [9.17, 15) is 0 Å². The van der Waals surface area contributed by atoms with Crippen LogP contribution in [-0.2, 0) is 6.54 Å². The molecular weight excluding hydrogens is 289 g/mol. The van der Waals surface area contributed by atoms with Crippen molar-refractivity contribution in [1.82, 2.24) is 9.97 Å². The van der Waals surface area contributed by atoms with E-state index < -0.39 is 0 Å². The molecule has 0 aliphatic rings. The Balaban J connectivity index is 2.07. The maximum atomic E-state index is 5.92. The van der Waals surface area contributed by atoms with Crippen LogP contribution in [0.25, 0.3) is 0 Å². The molecule has 0 atom stereocenters. The summed E-state index contributed by atoms with van der Waals surface area (Å²) in [7, 11) is 0. The molecule has 3 nitrogen and oxygen atoms in total. The molecule has 2 N–H and O–H groups in total. The molecule has 0 unspecified atom stereocenters. The molecule has 0 spiro atoms. The first-order valence-corrected chi connectivity index (χ1v) is 6.01. The van der Waals surface area contributed by atoms with Crippen LogP contribution < -0.4 is 5.32 Å². The van der Waals surface area contributed by atoms with Gasteiger partial charge in [0.15, 0.2) is 0 Å². The number of anilines is 1. The van der Waals surface area contributed by atoms with Crippen LogP contribution in [0.2, 0.25) is 5.02 Å². The summed E-state index contributed by atoms with van der Waals surface area (Å²) < 4.78 is 0.994. The average molecular weight is 301 g/mol. The zero-order valence-corrected chi connectivity index (χ0v) is 11.1. The van der Waals surface area contributed by atoms with Crippen LogP contribution >= 0.6 is 27.5 Å². The van der Waals surface area contributed by atoms with Crippen LogP contribution in [0.5, 0.6) is 0 Å². The molecule has 0 saturated carbocycles. The molecule has 1 aromatic carbocycles. The highest BCUT2D eigenvalue weighted by atomic mass is 79.9. The number of nitrogens with one attached hydrogen (secondary N) is 2. The molecule has 0 saturated heterocycles. The average Bonchev–Trinajstić information content (AvgIpc) is 2.66. The normalized spacial score (nSPS) is 10.4. The Hall–Kier alpha value is -1.000. The summed E-state index contributed by atoms with van der Waals surface area (Å²) in [5.74, 6) is 0.918. The van der Waals surface area contributed by atoms with E-state index in [2.05, 4.69) is 31.2 Å². The topological polar surface area (TPSA) is 40.7 Å². The van der Waals surface area contributed by atoms with E-state index in [1.54, 1.807) is 0 Å². The fraction of sp³-hybridized carbons (Fsp3) is 0.182. The molecule has 0 amide bonds. The van der Waals surface area contributed by atoms with Gasteiger partial charge >= 0.3 is 0 Å². The quantitative estimate of drug-likeness (QED) is 0.906. The SMILES string of the molecule is Cc1ncc(CNc2cc(Cl)ccc2Br)[nH]1. The summed E-state index contributed by atoms with van der Waals surface area (Å²) in [6.45, 7) is 2.62. The van der Waals surface area contributed by atoms with Gasteiger partial charge in [0.25, 0.3) is 0 Å². The number of aromatic amines is 1. The minimum Gasteiger partial charge on any atom is -0.378 e. The summed E-state index contributed by atoms with van der Waals surface area (Å²) in [5.41, 5.74) is 2.02. The molecular formula is C11H11BrClN3. The van der Waals surface area contributed by atoms with Crippen molar-refractivity contribution < 1.29 is 0 Å². The molecule has 1 heterocycles. The molecule has 84 valence electrons. The van der Waals surface area contributed by atoms with Gasteiger partial charge in [-0.15, -0.1) is 0 Å². The Labute approximate surface area is 107 Å². The van der Waals surface area contributed by atoms with Gasteiger partial charge in [0.05, 0.1) is 24.1 Å². The summed E-state index contributed by atoms with van der Waals surface area (Å²) in [4.78, 5) is 7.29. The molecule has 2 aromatic rings. The second kappa shape index (κ2) is 4.89. The second-order valence-electron chi connectivity index (χ2n) is 3.47. The largest absolute Gasteiger partial charge is 0.378 e. The van der Waals surface area contributed by atoms with E-state index in [1.807, 2.05) is 31.3 Å². The van der Waals surface area contributed by atoms with Gasteiger partial charge in [0, 0.05) is 9.50 Å². The van der Waals surface area contributed by atoms with Crippen LogP contribution in [0.4, 0.5) is 5.69 Å². The minimum atomic E-state index is 0.694. The Morgan fingerprint density at radius 3 is 3.00 bits per heavy atom. The van der Waals surface area contributed by atoms with Gasteiger partial charge in [0.2, 0.25) is 0 Å². The highest BCUT2D eigenvalue weighted by Gasteiger charge is 2.01. The zero-order chi connectivity index (χ0) is 11.5. The molecule has 1 aromatic heterocycles. The van der Waals surface area contributed by atoms with E-state index in [1.165, 1.54) is 0 Å². The van der Waals surface area contributed by atoms with E-state index >= 15 is 0 Å². The van der Waals surface area contributed by atoms with Crippen LogP contribution in [0, 0.1) is 6.92 Å². The van der Waals surface area contributed by atoms with E-state index in [0.717, 1.165) is 21.7 Å². The number of H-pyrrole nitrogens is 1. The van der Waals surface area contributed by atoms with Crippen molar-refractivity contribution in [2.75, 3.05) is 5.32 Å². The second-order valence-corrected chi connectivity index (χ2v) is 4.76. The molecule has 16 heavy (non-hydrogen) atoms. The maximum absolute atomic E-state index is 5.92. The van der Waals surface area contributed by atoms with Gasteiger partial charge < -0.3 is 10.3 Å². The number of hydrogen-bond donors (Lipinski definition) is 2. The van der Waals surface area contributed by atoms with Gasteiger partial charge in [0.1, 0.15) is 5.82 Å². The lowest BCUT2D eigenvalue weighted by atomic mass is 10.3. The fourth-order valence-electron chi connectivity index (χ4n) is 1.38. The molecule has 0 radical (unpaired) electrons. The highest BCUT2D eigenvalue weighted by molar-refractivity contribution is 9.10. The number of benzene rings is 1. The molecule has 0 fully saturated rings. The monoisotopic (exact) mass is 299 g/mol. The number of nitrogens with zero attached hydrogens (tertiary/aromatic N) is 1. The third kappa shape index (κ3) is 2.77. The van der Waals surface area contributed by atoms with Gasteiger partial charge in [-0.2, -0.15) is 0 Å². The van der Waals surface area contributed by atoms with Gasteiger partial charge in [-0.3, -0.25) is 0 Å². The number of halogens is 2. The van der Waals surface area contributed by atoms with Gasteiger partial charge in [-0.25, -0.2) is 4.98 Å². The predicted molar refractivity (Wildman–Crippen MR) is 69.8 cm³/mol. The van der Waals surface area contributed by atoms with Crippen LogP contribution in [0.3, 0.4) is 0 Å². The zero-order valence-electron chi connectivity index (χ0n) is 8.72. The smallest absolute Gasteiger partial charge is 0.103 e. The van der Waals surface area contributed by atoms with E-state index in [0.29, 0.717) is 11.6 Å². The van der Waals surface area contributed by atoms with Crippen molar-refractivity contribution in [1.29, 1.82) is 0 Å². The first kappa shape index (κ1) is 11.5. The van der Waals surface area contributed by atoms with Crippen molar-refractivity contribution >= 4 is 33.2 Å². The van der Waals surface area contributed by atoms with Crippen molar-refractivity contribution in [2.24, 2.45) is 0 Å². The van der Waals surface area contributed by atoms with Crippen LogP contribution in [0.1, 0.15) is 11.5 Å². The van der Waals surface area contributed by atoms with Crippen molar-refractivity contribution in [3.63, 3.8) is 0 Å². The van der Waals surface area contributed by atoms with Crippen molar-refractivity contribution in [3.05, 3.63) is 45.4 Å². The Morgan fingerprint density at radius 1 is 1.50 bits per heavy atom. The lowest BCUT2D eigenvalue weighted by Gasteiger charge is -2.07. The highest BCUT2D eigenvalue weighted by Crippen LogP contribution is 2.26. The standard InChI is InChI=1S/C11H11BrClN3/c1-7-14-5-9(16-7)6-15-11-4-8(13)2-3-10(11)12/h2-5,15H,6H2,1H3,(H,14,16). The molecule has 0 aliphatic heterocycles. The Morgan fingerprint density at radius 2 is 2.31 bits per heavy atom. The first-order valence-electron chi connectivity index (χ1n) is 4.84.